The van der Waals surface area contributed by atoms with Gasteiger partial charge in [0.05, 0.1) is 34.8 Å². The highest BCUT2D eigenvalue weighted by Crippen LogP contribution is 2.26. The maximum atomic E-state index is 13.6. The Morgan fingerprint density at radius 1 is 1.06 bits per heavy atom. The molecule has 0 saturated heterocycles. The Kier molecular flexibility index (Phi) is 7.28. The number of nitriles is 1. The summed E-state index contributed by atoms with van der Waals surface area (Å²) in [5, 5.41) is 9.94. The van der Waals surface area contributed by atoms with Gasteiger partial charge in [0.25, 0.3) is 5.56 Å². The van der Waals surface area contributed by atoms with Gasteiger partial charge in [0.1, 0.15) is 5.82 Å². The van der Waals surface area contributed by atoms with Crippen LogP contribution < -0.4 is 10.5 Å². The van der Waals surface area contributed by atoms with Gasteiger partial charge in [0.2, 0.25) is 5.91 Å². The van der Waals surface area contributed by atoms with Crippen LogP contribution in [0.1, 0.15) is 17.5 Å². The molecule has 0 fully saturated rings. The van der Waals surface area contributed by atoms with Crippen LogP contribution in [-0.2, 0) is 4.79 Å². The molecule has 0 bridgehead atoms. The van der Waals surface area contributed by atoms with Crippen molar-refractivity contribution in [2.24, 2.45) is 0 Å². The first kappa shape index (κ1) is 24.2. The molecule has 176 valence electrons. The molecular weight excluding hydrogens is 463 g/mol. The lowest BCUT2D eigenvalue weighted by Crippen LogP contribution is -2.33. The lowest BCUT2D eigenvalue weighted by molar-refractivity contribution is -0.116. The third-order valence-corrected chi connectivity index (χ3v) is 6.54. The maximum Gasteiger partial charge on any atom is 0.266 e. The largest absolute Gasteiger partial charge is 0.311 e. The molecule has 0 N–H and O–H groups in total. The number of hydrogen-bond acceptors (Lipinski definition) is 5. The Labute approximate surface area is 206 Å². The van der Waals surface area contributed by atoms with Crippen LogP contribution in [0, 0.1) is 31.0 Å². The first-order valence-electron chi connectivity index (χ1n) is 11.0. The van der Waals surface area contributed by atoms with Crippen LogP contribution in [0.5, 0.6) is 0 Å². The van der Waals surface area contributed by atoms with Crippen molar-refractivity contribution < 1.29 is 9.18 Å². The number of para-hydroxylation sites is 2. The molecule has 0 aliphatic heterocycles. The average Bonchev–Trinajstić information content (AvgIpc) is 2.85. The van der Waals surface area contributed by atoms with Gasteiger partial charge in [-0.15, -0.1) is 0 Å². The molecule has 4 aromatic rings. The molecule has 0 aliphatic carbocycles. The van der Waals surface area contributed by atoms with E-state index in [2.05, 4.69) is 0 Å². The number of amides is 1. The number of halogens is 1. The standard InChI is InChI=1S/C27H23FN4O2S/c1-18-7-5-8-19(2)25(18)32-26(34)22-9-3-4-10-23(22)30-27(32)35-17-24(33)31(16-6-15-29)21-13-11-20(28)12-14-21/h3-5,7-14H,6,16-17H2,1-2H3. The van der Waals surface area contributed by atoms with E-state index in [0.29, 0.717) is 21.7 Å². The van der Waals surface area contributed by atoms with E-state index in [9.17, 15) is 14.0 Å². The van der Waals surface area contributed by atoms with Gasteiger partial charge in [-0.05, 0) is 61.4 Å². The predicted molar refractivity (Wildman–Crippen MR) is 137 cm³/mol. The van der Waals surface area contributed by atoms with Gasteiger partial charge >= 0.3 is 0 Å². The van der Waals surface area contributed by atoms with Gasteiger partial charge in [-0.25, -0.2) is 9.37 Å². The summed E-state index contributed by atoms with van der Waals surface area (Å²) in [6.07, 6.45) is 0.134. The van der Waals surface area contributed by atoms with E-state index in [4.69, 9.17) is 10.2 Å². The maximum absolute atomic E-state index is 13.6. The smallest absolute Gasteiger partial charge is 0.266 e. The number of carbonyl (C=O) groups excluding carboxylic acids is 1. The highest BCUT2D eigenvalue weighted by Gasteiger charge is 2.20. The number of fused-ring (bicyclic) bond motifs is 1. The zero-order valence-corrected chi connectivity index (χ0v) is 20.2. The third kappa shape index (κ3) is 5.10. The minimum absolute atomic E-state index is 0.0154. The topological polar surface area (TPSA) is 79.0 Å². The lowest BCUT2D eigenvalue weighted by atomic mass is 10.1. The van der Waals surface area contributed by atoms with Gasteiger partial charge in [-0.1, -0.05) is 42.1 Å². The number of anilines is 1. The number of aromatic nitrogens is 2. The fraction of sp³-hybridized carbons (Fsp3) is 0.185. The molecule has 1 amide bonds. The van der Waals surface area contributed by atoms with Crippen LogP contribution >= 0.6 is 11.8 Å². The van der Waals surface area contributed by atoms with Crippen molar-refractivity contribution in [2.45, 2.75) is 25.4 Å². The summed E-state index contributed by atoms with van der Waals surface area (Å²) in [4.78, 5) is 33.0. The van der Waals surface area contributed by atoms with Crippen LogP contribution in [-0.4, -0.2) is 27.8 Å². The Balaban J connectivity index is 1.74. The van der Waals surface area contributed by atoms with E-state index in [-0.39, 0.29) is 30.2 Å². The molecule has 1 aromatic heterocycles. The van der Waals surface area contributed by atoms with E-state index in [0.717, 1.165) is 28.6 Å². The molecule has 8 heteroatoms. The quantitative estimate of drug-likeness (QED) is 0.266. The third-order valence-electron chi connectivity index (χ3n) is 5.62. The fourth-order valence-electron chi connectivity index (χ4n) is 3.95. The first-order chi connectivity index (χ1) is 16.9. The van der Waals surface area contributed by atoms with Crippen molar-refractivity contribution in [3.8, 4) is 11.8 Å². The molecule has 0 saturated carbocycles. The fourth-order valence-corrected chi connectivity index (χ4v) is 4.82. The number of hydrogen-bond donors (Lipinski definition) is 0. The normalized spacial score (nSPS) is 10.8. The van der Waals surface area contributed by atoms with Gasteiger partial charge in [-0.2, -0.15) is 5.26 Å². The SMILES string of the molecule is Cc1cccc(C)c1-n1c(SCC(=O)N(CCC#N)c2ccc(F)cc2)nc2ccccc2c1=O. The molecule has 3 aromatic carbocycles. The minimum atomic E-state index is -0.409. The van der Waals surface area contributed by atoms with Crippen molar-refractivity contribution in [1.29, 1.82) is 5.26 Å². The second-order valence-corrected chi connectivity index (χ2v) is 8.95. The molecule has 0 spiro atoms. The van der Waals surface area contributed by atoms with Gasteiger partial charge in [0, 0.05) is 12.2 Å². The molecule has 1 heterocycles. The molecule has 0 unspecified atom stereocenters. The van der Waals surface area contributed by atoms with Crippen LogP contribution in [0.2, 0.25) is 0 Å². The molecule has 35 heavy (non-hydrogen) atoms. The van der Waals surface area contributed by atoms with Gasteiger partial charge < -0.3 is 4.90 Å². The number of benzene rings is 3. The molecule has 0 radical (unpaired) electrons. The van der Waals surface area contributed by atoms with Crippen molar-refractivity contribution in [1.82, 2.24) is 9.55 Å². The lowest BCUT2D eigenvalue weighted by Gasteiger charge is -2.22. The first-order valence-corrected chi connectivity index (χ1v) is 12.0. The summed E-state index contributed by atoms with van der Waals surface area (Å²) in [6.45, 7) is 4.04. The van der Waals surface area contributed by atoms with E-state index >= 15 is 0 Å². The molecule has 6 nitrogen and oxygen atoms in total. The average molecular weight is 487 g/mol. The zero-order chi connectivity index (χ0) is 24.9. The Morgan fingerprint density at radius 2 is 1.74 bits per heavy atom. The van der Waals surface area contributed by atoms with Crippen LogP contribution in [0.3, 0.4) is 0 Å². The summed E-state index contributed by atoms with van der Waals surface area (Å²) in [5.41, 5.74) is 3.42. The second kappa shape index (κ2) is 10.5. The van der Waals surface area contributed by atoms with Crippen molar-refractivity contribution in [2.75, 3.05) is 17.2 Å². The minimum Gasteiger partial charge on any atom is -0.311 e. The molecular formula is C27H23FN4O2S. The summed E-state index contributed by atoms with van der Waals surface area (Å²) in [5.74, 6) is -0.695. The summed E-state index contributed by atoms with van der Waals surface area (Å²) in [6, 6.07) is 20.5. The number of carbonyl (C=O) groups is 1. The van der Waals surface area contributed by atoms with Gasteiger partial charge in [-0.3, -0.25) is 14.2 Å². The Bertz CT molecular complexity index is 1470. The van der Waals surface area contributed by atoms with Gasteiger partial charge in [0.15, 0.2) is 5.16 Å². The molecule has 0 aliphatic rings. The van der Waals surface area contributed by atoms with E-state index in [1.54, 1.807) is 22.8 Å². The van der Waals surface area contributed by atoms with Crippen molar-refractivity contribution in [3.05, 3.63) is 94.0 Å². The van der Waals surface area contributed by atoms with E-state index < -0.39 is 5.82 Å². The van der Waals surface area contributed by atoms with Crippen molar-refractivity contribution in [3.63, 3.8) is 0 Å². The van der Waals surface area contributed by atoms with Crippen LogP contribution in [0.25, 0.3) is 16.6 Å². The second-order valence-electron chi connectivity index (χ2n) is 8.01. The van der Waals surface area contributed by atoms with Crippen LogP contribution in [0.15, 0.2) is 76.7 Å². The monoisotopic (exact) mass is 486 g/mol. The Morgan fingerprint density at radius 3 is 2.43 bits per heavy atom. The Hall–Kier alpha value is -3.96. The zero-order valence-electron chi connectivity index (χ0n) is 19.4. The predicted octanol–water partition coefficient (Wildman–Crippen LogP) is 5.18. The summed E-state index contributed by atoms with van der Waals surface area (Å²) < 4.78 is 15.0. The van der Waals surface area contributed by atoms with E-state index in [1.807, 2.05) is 44.2 Å². The molecule has 4 rings (SSSR count). The number of rotatable bonds is 7. The summed E-state index contributed by atoms with van der Waals surface area (Å²) >= 11 is 1.16. The van der Waals surface area contributed by atoms with Crippen LogP contribution in [0.4, 0.5) is 10.1 Å². The van der Waals surface area contributed by atoms with E-state index in [1.165, 1.54) is 29.2 Å². The number of thioether (sulfide) groups is 1. The summed E-state index contributed by atoms with van der Waals surface area (Å²) in [7, 11) is 0. The molecule has 0 atom stereocenters. The number of nitrogens with zero attached hydrogens (tertiary/aromatic N) is 4. The highest BCUT2D eigenvalue weighted by atomic mass is 32.2. The van der Waals surface area contributed by atoms with Crippen molar-refractivity contribution >= 4 is 34.3 Å². The highest BCUT2D eigenvalue weighted by molar-refractivity contribution is 7.99. The number of aryl methyl sites for hydroxylation is 2.